The number of piperazine rings is 1. The van der Waals surface area contributed by atoms with Gasteiger partial charge in [-0.25, -0.2) is 4.79 Å². The van der Waals surface area contributed by atoms with Gasteiger partial charge in [-0.2, -0.15) is 0 Å². The number of hydrogen-bond donors (Lipinski definition) is 1. The molecule has 1 fully saturated rings. The summed E-state index contributed by atoms with van der Waals surface area (Å²) in [6.45, 7) is 7.38. The molecule has 0 unspecified atom stereocenters. The summed E-state index contributed by atoms with van der Waals surface area (Å²) in [6, 6.07) is 12.5. The van der Waals surface area contributed by atoms with Crippen molar-refractivity contribution in [2.24, 2.45) is 0 Å². The van der Waals surface area contributed by atoms with Crippen LogP contribution >= 0.6 is 43.6 Å². The molecule has 4 nitrogen and oxygen atoms in total. The van der Waals surface area contributed by atoms with Gasteiger partial charge in [0.1, 0.15) is 0 Å². The van der Waals surface area contributed by atoms with Crippen molar-refractivity contribution in [3.05, 3.63) is 50.9 Å². The van der Waals surface area contributed by atoms with Crippen LogP contribution in [-0.2, 0) is 0 Å². The first-order valence-electron chi connectivity index (χ1n) is 9.33. The summed E-state index contributed by atoms with van der Waals surface area (Å²) >= 11 is 8.96. The Labute approximate surface area is 188 Å². The lowest BCUT2D eigenvalue weighted by Gasteiger charge is -2.36. The maximum absolute atomic E-state index is 12.8. The summed E-state index contributed by atoms with van der Waals surface area (Å²) < 4.78 is 1.79. The van der Waals surface area contributed by atoms with Crippen molar-refractivity contribution in [2.75, 3.05) is 42.7 Å². The molecule has 150 valence electrons. The standard InChI is InChI=1S/C21H25Br2N3OS/c1-14(2)15-12-16(22)20(17(23)13-15)24-21(27)26-10-8-25(9-11-26)18-6-4-5-7-19(18)28-3/h4-7,12-14H,8-11H2,1-3H3,(H,24,27). The van der Waals surface area contributed by atoms with Crippen molar-refractivity contribution in [1.82, 2.24) is 4.90 Å². The molecule has 1 saturated heterocycles. The fourth-order valence-electron chi connectivity index (χ4n) is 3.27. The fraction of sp³-hybridized carbons (Fsp3) is 0.381. The molecule has 1 aliphatic heterocycles. The van der Waals surface area contributed by atoms with Crippen molar-refractivity contribution < 1.29 is 4.79 Å². The number of benzene rings is 2. The average molecular weight is 527 g/mol. The molecule has 28 heavy (non-hydrogen) atoms. The van der Waals surface area contributed by atoms with Gasteiger partial charge in [-0.1, -0.05) is 26.0 Å². The number of para-hydroxylation sites is 1. The van der Waals surface area contributed by atoms with E-state index in [-0.39, 0.29) is 6.03 Å². The molecule has 1 heterocycles. The van der Waals surface area contributed by atoms with Gasteiger partial charge in [-0.15, -0.1) is 11.8 Å². The van der Waals surface area contributed by atoms with Crippen LogP contribution < -0.4 is 10.2 Å². The predicted molar refractivity (Wildman–Crippen MR) is 127 cm³/mol. The minimum Gasteiger partial charge on any atom is -0.367 e. The zero-order chi connectivity index (χ0) is 20.3. The number of amides is 2. The normalized spacial score (nSPS) is 14.5. The highest BCUT2D eigenvalue weighted by Crippen LogP contribution is 2.35. The lowest BCUT2D eigenvalue weighted by Crippen LogP contribution is -2.50. The highest BCUT2D eigenvalue weighted by atomic mass is 79.9. The van der Waals surface area contributed by atoms with Crippen molar-refractivity contribution in [1.29, 1.82) is 0 Å². The lowest BCUT2D eigenvalue weighted by atomic mass is 10.0. The molecule has 0 atom stereocenters. The maximum atomic E-state index is 12.8. The number of carbonyl (C=O) groups excluding carboxylic acids is 1. The molecule has 1 N–H and O–H groups in total. The second-order valence-corrected chi connectivity index (χ2v) is 9.65. The van der Waals surface area contributed by atoms with Gasteiger partial charge in [0, 0.05) is 40.0 Å². The molecule has 0 radical (unpaired) electrons. The van der Waals surface area contributed by atoms with E-state index in [0.717, 1.165) is 27.7 Å². The number of halogens is 2. The number of carbonyl (C=O) groups is 1. The summed E-state index contributed by atoms with van der Waals surface area (Å²) in [5.41, 5.74) is 3.26. The van der Waals surface area contributed by atoms with Gasteiger partial charge in [0.2, 0.25) is 0 Å². The van der Waals surface area contributed by atoms with Gasteiger partial charge in [-0.3, -0.25) is 0 Å². The number of rotatable bonds is 4. The Morgan fingerprint density at radius 3 is 2.25 bits per heavy atom. The van der Waals surface area contributed by atoms with E-state index in [2.05, 4.69) is 98.6 Å². The molecule has 7 heteroatoms. The molecule has 2 aromatic rings. The number of anilines is 2. The van der Waals surface area contributed by atoms with Gasteiger partial charge in [0.05, 0.1) is 11.4 Å². The third-order valence-electron chi connectivity index (χ3n) is 4.96. The number of urea groups is 1. The summed E-state index contributed by atoms with van der Waals surface area (Å²) in [5.74, 6) is 0.426. The second kappa shape index (κ2) is 9.55. The van der Waals surface area contributed by atoms with E-state index in [1.54, 1.807) is 11.8 Å². The largest absolute Gasteiger partial charge is 0.367 e. The summed E-state index contributed by atoms with van der Waals surface area (Å²) in [5, 5.41) is 3.06. The van der Waals surface area contributed by atoms with Crippen LogP contribution in [0.4, 0.5) is 16.2 Å². The van der Waals surface area contributed by atoms with E-state index in [0.29, 0.717) is 19.0 Å². The minimum absolute atomic E-state index is 0.0588. The van der Waals surface area contributed by atoms with Gasteiger partial charge >= 0.3 is 6.03 Å². The van der Waals surface area contributed by atoms with Crippen LogP contribution in [0.25, 0.3) is 0 Å². The highest BCUT2D eigenvalue weighted by Gasteiger charge is 2.23. The molecule has 2 aromatic carbocycles. The first-order chi connectivity index (χ1) is 13.4. The Hall–Kier alpha value is -1.18. The van der Waals surface area contributed by atoms with E-state index in [1.165, 1.54) is 16.1 Å². The molecule has 3 rings (SSSR count). The van der Waals surface area contributed by atoms with E-state index in [1.807, 2.05) is 4.90 Å². The summed E-state index contributed by atoms with van der Waals surface area (Å²) in [7, 11) is 0. The van der Waals surface area contributed by atoms with E-state index in [4.69, 9.17) is 0 Å². The monoisotopic (exact) mass is 525 g/mol. The Bertz CT molecular complexity index is 828. The number of hydrogen-bond acceptors (Lipinski definition) is 3. The molecule has 0 aromatic heterocycles. The Morgan fingerprint density at radius 2 is 1.68 bits per heavy atom. The molecule has 1 aliphatic rings. The van der Waals surface area contributed by atoms with Crippen LogP contribution in [0.5, 0.6) is 0 Å². The maximum Gasteiger partial charge on any atom is 0.322 e. The quantitative estimate of drug-likeness (QED) is 0.467. The van der Waals surface area contributed by atoms with Crippen molar-refractivity contribution >= 4 is 61.0 Å². The highest BCUT2D eigenvalue weighted by molar-refractivity contribution is 9.11. The first-order valence-corrected chi connectivity index (χ1v) is 12.1. The Morgan fingerprint density at radius 1 is 1.07 bits per heavy atom. The van der Waals surface area contributed by atoms with Crippen molar-refractivity contribution in [3.63, 3.8) is 0 Å². The third kappa shape index (κ3) is 4.86. The van der Waals surface area contributed by atoms with Gasteiger partial charge in [-0.05, 0) is 73.9 Å². The lowest BCUT2D eigenvalue weighted by molar-refractivity contribution is 0.208. The fourth-order valence-corrected chi connectivity index (χ4v) is 5.31. The summed E-state index contributed by atoms with van der Waals surface area (Å²) in [6.07, 6.45) is 2.10. The second-order valence-electron chi connectivity index (χ2n) is 7.09. The molecular formula is C21H25Br2N3OS. The predicted octanol–water partition coefficient (Wildman–Crippen LogP) is 6.41. The third-order valence-corrected chi connectivity index (χ3v) is 6.99. The van der Waals surface area contributed by atoms with Crippen molar-refractivity contribution in [2.45, 2.75) is 24.7 Å². The number of nitrogens with one attached hydrogen (secondary N) is 1. The molecule has 2 amide bonds. The molecule has 0 spiro atoms. The zero-order valence-corrected chi connectivity index (χ0v) is 20.3. The van der Waals surface area contributed by atoms with Crippen LogP contribution in [0, 0.1) is 0 Å². The van der Waals surface area contributed by atoms with Crippen LogP contribution in [0.3, 0.4) is 0 Å². The number of nitrogens with zero attached hydrogens (tertiary/aromatic N) is 2. The smallest absolute Gasteiger partial charge is 0.322 e. The minimum atomic E-state index is -0.0588. The van der Waals surface area contributed by atoms with Crippen LogP contribution in [-0.4, -0.2) is 43.4 Å². The Kier molecular flexibility index (Phi) is 7.34. The van der Waals surface area contributed by atoms with Crippen LogP contribution in [0.15, 0.2) is 50.2 Å². The SMILES string of the molecule is CSc1ccccc1N1CCN(C(=O)Nc2c(Br)cc(C(C)C)cc2Br)CC1. The topological polar surface area (TPSA) is 35.6 Å². The molecule has 0 saturated carbocycles. The number of thioether (sulfide) groups is 1. The summed E-state index contributed by atoms with van der Waals surface area (Å²) in [4.78, 5) is 18.3. The molecular weight excluding hydrogens is 502 g/mol. The van der Waals surface area contributed by atoms with E-state index >= 15 is 0 Å². The zero-order valence-electron chi connectivity index (χ0n) is 16.3. The van der Waals surface area contributed by atoms with Gasteiger partial charge in [0.15, 0.2) is 0 Å². The Balaban J connectivity index is 1.65. The van der Waals surface area contributed by atoms with E-state index < -0.39 is 0 Å². The molecule has 0 aliphatic carbocycles. The van der Waals surface area contributed by atoms with Crippen LogP contribution in [0.1, 0.15) is 25.3 Å². The molecule has 0 bridgehead atoms. The van der Waals surface area contributed by atoms with E-state index in [9.17, 15) is 4.79 Å². The average Bonchev–Trinajstić information content (AvgIpc) is 2.70. The first kappa shape index (κ1) is 21.5. The van der Waals surface area contributed by atoms with Crippen LogP contribution in [0.2, 0.25) is 0 Å². The van der Waals surface area contributed by atoms with Crippen molar-refractivity contribution in [3.8, 4) is 0 Å². The van der Waals surface area contributed by atoms with Gasteiger partial charge < -0.3 is 15.1 Å². The van der Waals surface area contributed by atoms with Gasteiger partial charge in [0.25, 0.3) is 0 Å².